The molecule has 0 atom stereocenters. The Hall–Kier alpha value is -1.07. The van der Waals surface area contributed by atoms with E-state index in [0.717, 1.165) is 19.0 Å². The summed E-state index contributed by atoms with van der Waals surface area (Å²) in [5, 5.41) is 7.01. The first-order valence-electron chi connectivity index (χ1n) is 9.65. The fourth-order valence-corrected chi connectivity index (χ4v) is 4.44. The molecule has 0 aromatic heterocycles. The maximum atomic E-state index is 4.38. The first kappa shape index (κ1) is 18.7. The number of aliphatic imine (C=N–C) groups is 1. The number of benzene rings is 1. The van der Waals surface area contributed by atoms with E-state index in [4.69, 9.17) is 0 Å². The van der Waals surface area contributed by atoms with Gasteiger partial charge < -0.3 is 15.5 Å². The van der Waals surface area contributed by atoms with Gasteiger partial charge >= 0.3 is 0 Å². The van der Waals surface area contributed by atoms with Crippen LogP contribution in [0.4, 0.5) is 0 Å². The van der Waals surface area contributed by atoms with Crippen LogP contribution in [0.5, 0.6) is 0 Å². The number of nitrogens with zero attached hydrogens (tertiary/aromatic N) is 2. The number of halogens is 1. The highest BCUT2D eigenvalue weighted by molar-refractivity contribution is 9.10. The van der Waals surface area contributed by atoms with Gasteiger partial charge in [0.15, 0.2) is 5.96 Å². The Morgan fingerprint density at radius 2 is 1.92 bits per heavy atom. The van der Waals surface area contributed by atoms with E-state index < -0.39 is 0 Å². The second-order valence-electron chi connectivity index (χ2n) is 7.37. The molecule has 5 heteroatoms. The number of unbranched alkanes of at least 4 members (excludes halogenated alkanes) is 1. The number of rotatable bonds is 8. The molecule has 1 aliphatic carbocycles. The Bertz CT molecular complexity index is 577. The van der Waals surface area contributed by atoms with Crippen LogP contribution in [0.25, 0.3) is 0 Å². The highest BCUT2D eigenvalue weighted by atomic mass is 79.9. The van der Waals surface area contributed by atoms with Crippen molar-refractivity contribution in [2.24, 2.45) is 4.99 Å². The van der Waals surface area contributed by atoms with Crippen LogP contribution in [0.1, 0.15) is 44.1 Å². The fourth-order valence-electron chi connectivity index (χ4n) is 3.73. The summed E-state index contributed by atoms with van der Waals surface area (Å²) in [5.74, 6) is 0.930. The molecule has 1 aromatic carbocycles. The Morgan fingerprint density at radius 3 is 2.60 bits per heavy atom. The molecule has 0 spiro atoms. The van der Waals surface area contributed by atoms with Gasteiger partial charge in [-0.05, 0) is 69.8 Å². The van der Waals surface area contributed by atoms with Crippen LogP contribution >= 0.6 is 15.9 Å². The monoisotopic (exact) mass is 406 g/mol. The van der Waals surface area contributed by atoms with Gasteiger partial charge in [0.05, 0.1) is 0 Å². The average molecular weight is 407 g/mol. The van der Waals surface area contributed by atoms with Gasteiger partial charge in [-0.15, -0.1) is 0 Å². The summed E-state index contributed by atoms with van der Waals surface area (Å²) in [4.78, 5) is 6.97. The zero-order valence-corrected chi connectivity index (χ0v) is 16.9. The number of likely N-dealkylation sites (tertiary alicyclic amines) is 1. The summed E-state index contributed by atoms with van der Waals surface area (Å²) in [6.45, 7) is 5.79. The van der Waals surface area contributed by atoms with Crippen LogP contribution in [0, 0.1) is 0 Å². The summed E-state index contributed by atoms with van der Waals surface area (Å²) in [6, 6.07) is 8.60. The SMILES string of the molecule is CN=C(NCCCCN1CCCC1)NCC1(c2ccccc2Br)CC1. The minimum atomic E-state index is 0.271. The van der Waals surface area contributed by atoms with Gasteiger partial charge in [-0.3, -0.25) is 4.99 Å². The molecule has 0 amide bonds. The van der Waals surface area contributed by atoms with Gasteiger partial charge in [0.25, 0.3) is 0 Å². The van der Waals surface area contributed by atoms with Crippen molar-refractivity contribution in [1.29, 1.82) is 0 Å². The maximum absolute atomic E-state index is 4.38. The number of hydrogen-bond donors (Lipinski definition) is 2. The summed E-state index contributed by atoms with van der Waals surface area (Å²) in [7, 11) is 1.86. The second-order valence-corrected chi connectivity index (χ2v) is 8.22. The van der Waals surface area contributed by atoms with Crippen molar-refractivity contribution in [3.63, 3.8) is 0 Å². The van der Waals surface area contributed by atoms with Crippen LogP contribution in [0.2, 0.25) is 0 Å². The Kier molecular flexibility index (Phi) is 6.77. The topological polar surface area (TPSA) is 39.7 Å². The molecule has 4 nitrogen and oxygen atoms in total. The van der Waals surface area contributed by atoms with Crippen LogP contribution < -0.4 is 10.6 Å². The average Bonchev–Trinajstić information content (AvgIpc) is 3.23. The van der Waals surface area contributed by atoms with E-state index in [1.807, 2.05) is 7.05 Å². The maximum Gasteiger partial charge on any atom is 0.191 e. The van der Waals surface area contributed by atoms with Gasteiger partial charge in [0, 0.05) is 30.0 Å². The van der Waals surface area contributed by atoms with Crippen molar-refractivity contribution in [2.75, 3.05) is 39.8 Å². The quantitative estimate of drug-likeness (QED) is 0.394. The van der Waals surface area contributed by atoms with Crippen LogP contribution in [-0.4, -0.2) is 50.6 Å². The standard InChI is InChI=1S/C20H31BrN4/c1-22-19(23-12-4-5-13-25-14-6-7-15-25)24-16-20(10-11-20)17-8-2-3-9-18(17)21/h2-3,8-9H,4-7,10-16H2,1H3,(H2,22,23,24). The molecule has 0 bridgehead atoms. The molecule has 2 N–H and O–H groups in total. The number of guanidine groups is 1. The lowest BCUT2D eigenvalue weighted by Gasteiger charge is -2.20. The van der Waals surface area contributed by atoms with E-state index in [1.165, 1.54) is 68.2 Å². The van der Waals surface area contributed by atoms with Crippen molar-refractivity contribution in [1.82, 2.24) is 15.5 Å². The molecule has 1 aromatic rings. The van der Waals surface area contributed by atoms with Crippen molar-refractivity contribution in [3.05, 3.63) is 34.3 Å². The van der Waals surface area contributed by atoms with Gasteiger partial charge in [-0.25, -0.2) is 0 Å². The van der Waals surface area contributed by atoms with Gasteiger partial charge in [0.1, 0.15) is 0 Å². The molecule has 1 saturated carbocycles. The molecular formula is C20H31BrN4. The molecule has 0 unspecified atom stereocenters. The Morgan fingerprint density at radius 1 is 1.16 bits per heavy atom. The van der Waals surface area contributed by atoms with Crippen molar-refractivity contribution < 1.29 is 0 Å². The molecule has 1 saturated heterocycles. The van der Waals surface area contributed by atoms with E-state index in [0.29, 0.717) is 0 Å². The van der Waals surface area contributed by atoms with Crippen LogP contribution in [0.15, 0.2) is 33.7 Å². The third-order valence-corrected chi connectivity index (χ3v) is 6.20. The van der Waals surface area contributed by atoms with Gasteiger partial charge in [-0.2, -0.15) is 0 Å². The lowest BCUT2D eigenvalue weighted by atomic mass is 9.96. The lowest BCUT2D eigenvalue weighted by Crippen LogP contribution is -2.41. The minimum absolute atomic E-state index is 0.271. The summed E-state index contributed by atoms with van der Waals surface area (Å²) in [5.41, 5.74) is 1.69. The van der Waals surface area contributed by atoms with E-state index in [9.17, 15) is 0 Å². The first-order valence-corrected chi connectivity index (χ1v) is 10.4. The molecule has 1 aliphatic heterocycles. The van der Waals surface area contributed by atoms with Crippen molar-refractivity contribution in [2.45, 2.75) is 43.9 Å². The summed E-state index contributed by atoms with van der Waals surface area (Å²) < 4.78 is 1.22. The predicted octanol–water partition coefficient (Wildman–Crippen LogP) is 3.52. The molecule has 25 heavy (non-hydrogen) atoms. The van der Waals surface area contributed by atoms with Crippen molar-refractivity contribution in [3.8, 4) is 0 Å². The molecule has 2 aliphatic rings. The number of hydrogen-bond acceptors (Lipinski definition) is 2. The zero-order valence-electron chi connectivity index (χ0n) is 15.4. The first-order chi connectivity index (χ1) is 12.2. The van der Waals surface area contributed by atoms with E-state index >= 15 is 0 Å². The number of nitrogens with one attached hydrogen (secondary N) is 2. The smallest absolute Gasteiger partial charge is 0.191 e. The molecular weight excluding hydrogens is 376 g/mol. The molecule has 2 fully saturated rings. The summed E-state index contributed by atoms with van der Waals surface area (Å²) in [6.07, 6.45) is 7.73. The summed E-state index contributed by atoms with van der Waals surface area (Å²) >= 11 is 3.71. The normalized spacial score (nSPS) is 19.8. The Balaban J connectivity index is 1.37. The molecule has 0 radical (unpaired) electrons. The van der Waals surface area contributed by atoms with E-state index in [2.05, 4.69) is 60.7 Å². The minimum Gasteiger partial charge on any atom is -0.356 e. The van der Waals surface area contributed by atoms with Crippen molar-refractivity contribution >= 4 is 21.9 Å². The third kappa shape index (κ3) is 5.20. The molecule has 1 heterocycles. The zero-order chi connectivity index (χ0) is 17.5. The highest BCUT2D eigenvalue weighted by Crippen LogP contribution is 2.49. The van der Waals surface area contributed by atoms with Gasteiger partial charge in [0.2, 0.25) is 0 Å². The fraction of sp³-hybridized carbons (Fsp3) is 0.650. The largest absolute Gasteiger partial charge is 0.356 e. The second kappa shape index (κ2) is 9.04. The molecule has 3 rings (SSSR count). The highest BCUT2D eigenvalue weighted by Gasteiger charge is 2.45. The van der Waals surface area contributed by atoms with E-state index in [1.54, 1.807) is 0 Å². The van der Waals surface area contributed by atoms with E-state index in [-0.39, 0.29) is 5.41 Å². The Labute approximate surface area is 160 Å². The van der Waals surface area contributed by atoms with Crippen LogP contribution in [0.3, 0.4) is 0 Å². The predicted molar refractivity (Wildman–Crippen MR) is 109 cm³/mol. The lowest BCUT2D eigenvalue weighted by molar-refractivity contribution is 0.330. The molecule has 138 valence electrons. The third-order valence-electron chi connectivity index (χ3n) is 5.51. The van der Waals surface area contributed by atoms with Crippen LogP contribution in [-0.2, 0) is 5.41 Å². The van der Waals surface area contributed by atoms with Gasteiger partial charge in [-0.1, -0.05) is 34.1 Å².